The Hall–Kier alpha value is -2.63. The van der Waals surface area contributed by atoms with Gasteiger partial charge in [0.05, 0.1) is 29.5 Å². The molecule has 0 atom stereocenters. The molecule has 102 valence electrons. The summed E-state index contributed by atoms with van der Waals surface area (Å²) in [6, 6.07) is 7.72. The lowest BCUT2D eigenvalue weighted by Crippen LogP contribution is -2.06. The maximum absolute atomic E-state index is 11.8. The molecule has 6 heteroatoms. The summed E-state index contributed by atoms with van der Waals surface area (Å²) in [4.78, 5) is 19.4. The van der Waals surface area contributed by atoms with Crippen LogP contribution in [-0.4, -0.2) is 32.8 Å². The Morgan fingerprint density at radius 3 is 2.75 bits per heavy atom. The van der Waals surface area contributed by atoms with Crippen molar-refractivity contribution in [2.24, 2.45) is 0 Å². The summed E-state index contributed by atoms with van der Waals surface area (Å²) >= 11 is 0. The van der Waals surface area contributed by atoms with Crippen LogP contribution in [0.2, 0.25) is 0 Å². The van der Waals surface area contributed by atoms with Crippen LogP contribution in [0.3, 0.4) is 0 Å². The molecular weight excluding hydrogens is 256 g/mol. The second-order valence-electron chi connectivity index (χ2n) is 4.53. The number of H-pyrrole nitrogens is 1. The highest BCUT2D eigenvalue weighted by atomic mass is 16.5. The van der Waals surface area contributed by atoms with Crippen molar-refractivity contribution in [3.05, 3.63) is 41.2 Å². The number of aryl methyl sites for hydroxylation is 1. The molecular formula is C14H14N4O2. The SMILES string of the molecule is COC(=O)c1c(C)nn(-c2nc3ccccc3[nH]2)c1C. The normalized spacial score (nSPS) is 10.9. The molecule has 0 radical (unpaired) electrons. The number of imidazole rings is 1. The number of methoxy groups -OCH3 is 1. The number of aromatic amines is 1. The van der Waals surface area contributed by atoms with E-state index in [4.69, 9.17) is 4.74 Å². The quantitative estimate of drug-likeness (QED) is 0.724. The van der Waals surface area contributed by atoms with Gasteiger partial charge in [-0.25, -0.2) is 14.5 Å². The molecule has 20 heavy (non-hydrogen) atoms. The summed E-state index contributed by atoms with van der Waals surface area (Å²) in [7, 11) is 1.36. The predicted octanol–water partition coefficient (Wildman–Crippen LogP) is 2.15. The number of esters is 1. The summed E-state index contributed by atoms with van der Waals surface area (Å²) in [5.41, 5.74) is 3.58. The summed E-state index contributed by atoms with van der Waals surface area (Å²) in [6.45, 7) is 3.60. The van der Waals surface area contributed by atoms with Crippen LogP contribution in [0.5, 0.6) is 0 Å². The van der Waals surface area contributed by atoms with Crippen LogP contribution < -0.4 is 0 Å². The first-order valence-corrected chi connectivity index (χ1v) is 6.21. The minimum Gasteiger partial charge on any atom is -0.465 e. The summed E-state index contributed by atoms with van der Waals surface area (Å²) in [6.07, 6.45) is 0. The average molecular weight is 270 g/mol. The zero-order valence-corrected chi connectivity index (χ0v) is 11.5. The monoisotopic (exact) mass is 270 g/mol. The predicted molar refractivity (Wildman–Crippen MR) is 74.0 cm³/mol. The lowest BCUT2D eigenvalue weighted by molar-refractivity contribution is 0.0599. The average Bonchev–Trinajstić information content (AvgIpc) is 2.99. The second kappa shape index (κ2) is 4.48. The number of hydrogen-bond acceptors (Lipinski definition) is 4. The summed E-state index contributed by atoms with van der Waals surface area (Å²) in [5.74, 6) is 0.198. The van der Waals surface area contributed by atoms with E-state index in [1.54, 1.807) is 11.6 Å². The smallest absolute Gasteiger partial charge is 0.341 e. The number of nitrogens with zero attached hydrogens (tertiary/aromatic N) is 3. The first-order valence-electron chi connectivity index (χ1n) is 6.21. The number of carbonyl (C=O) groups excluding carboxylic acids is 1. The van der Waals surface area contributed by atoms with Crippen molar-refractivity contribution < 1.29 is 9.53 Å². The van der Waals surface area contributed by atoms with E-state index in [1.165, 1.54) is 7.11 Å². The number of rotatable bonds is 2. The third kappa shape index (κ3) is 1.77. The highest BCUT2D eigenvalue weighted by molar-refractivity contribution is 5.92. The molecule has 1 aromatic carbocycles. The minimum atomic E-state index is -0.387. The van der Waals surface area contributed by atoms with Crippen molar-refractivity contribution in [3.8, 4) is 5.95 Å². The van der Waals surface area contributed by atoms with E-state index in [-0.39, 0.29) is 5.97 Å². The molecule has 0 aliphatic carbocycles. The number of aromatic nitrogens is 4. The number of nitrogens with one attached hydrogen (secondary N) is 1. The first kappa shape index (κ1) is 12.4. The molecule has 6 nitrogen and oxygen atoms in total. The molecule has 0 fully saturated rings. The molecule has 2 aromatic heterocycles. The highest BCUT2D eigenvalue weighted by Gasteiger charge is 2.21. The number of hydrogen-bond donors (Lipinski definition) is 1. The maximum Gasteiger partial charge on any atom is 0.341 e. The molecule has 0 saturated heterocycles. The molecule has 0 unspecified atom stereocenters. The Morgan fingerprint density at radius 2 is 2.05 bits per heavy atom. The Bertz CT molecular complexity index is 768. The van der Waals surface area contributed by atoms with Gasteiger partial charge in [0.15, 0.2) is 0 Å². The van der Waals surface area contributed by atoms with Crippen LogP contribution in [0.25, 0.3) is 17.0 Å². The lowest BCUT2D eigenvalue weighted by atomic mass is 10.2. The van der Waals surface area contributed by atoms with Crippen LogP contribution >= 0.6 is 0 Å². The highest BCUT2D eigenvalue weighted by Crippen LogP contribution is 2.19. The molecule has 3 rings (SSSR count). The number of fused-ring (bicyclic) bond motifs is 1. The lowest BCUT2D eigenvalue weighted by Gasteiger charge is -2.00. The van der Waals surface area contributed by atoms with Crippen molar-refractivity contribution in [1.29, 1.82) is 0 Å². The zero-order chi connectivity index (χ0) is 14.3. The third-order valence-corrected chi connectivity index (χ3v) is 3.26. The second-order valence-corrected chi connectivity index (χ2v) is 4.53. The first-order chi connectivity index (χ1) is 9.61. The Kier molecular flexibility index (Phi) is 2.78. The number of carbonyl (C=O) groups is 1. The molecule has 0 spiro atoms. The Balaban J connectivity index is 2.17. The van der Waals surface area contributed by atoms with Gasteiger partial charge in [-0.2, -0.15) is 5.10 Å². The Morgan fingerprint density at radius 1 is 1.30 bits per heavy atom. The fourth-order valence-corrected chi connectivity index (χ4v) is 2.29. The van der Waals surface area contributed by atoms with Crippen LogP contribution in [0.4, 0.5) is 0 Å². The largest absolute Gasteiger partial charge is 0.465 e. The Labute approximate surface area is 115 Å². The standard InChI is InChI=1S/C14H14N4O2/c1-8-12(13(19)20-3)9(2)18(17-8)14-15-10-6-4-5-7-11(10)16-14/h4-7H,1-3H3,(H,15,16). The fourth-order valence-electron chi connectivity index (χ4n) is 2.29. The van der Waals surface area contributed by atoms with Gasteiger partial charge in [-0.15, -0.1) is 0 Å². The zero-order valence-electron chi connectivity index (χ0n) is 11.5. The fraction of sp³-hybridized carbons (Fsp3) is 0.214. The van der Waals surface area contributed by atoms with Crippen molar-refractivity contribution in [2.75, 3.05) is 7.11 Å². The van der Waals surface area contributed by atoms with Gasteiger partial charge in [0, 0.05) is 0 Å². The van der Waals surface area contributed by atoms with E-state index in [1.807, 2.05) is 31.2 Å². The molecule has 0 bridgehead atoms. The van der Waals surface area contributed by atoms with Gasteiger partial charge in [0.1, 0.15) is 5.56 Å². The van der Waals surface area contributed by atoms with Crippen molar-refractivity contribution >= 4 is 17.0 Å². The van der Waals surface area contributed by atoms with Crippen molar-refractivity contribution in [1.82, 2.24) is 19.7 Å². The molecule has 3 aromatic rings. The molecule has 0 aliphatic heterocycles. The summed E-state index contributed by atoms with van der Waals surface area (Å²) in [5, 5.41) is 4.37. The maximum atomic E-state index is 11.8. The van der Waals surface area contributed by atoms with E-state index >= 15 is 0 Å². The van der Waals surface area contributed by atoms with Gasteiger partial charge in [0.2, 0.25) is 5.95 Å². The van der Waals surface area contributed by atoms with Gasteiger partial charge in [0.25, 0.3) is 0 Å². The van der Waals surface area contributed by atoms with E-state index in [0.29, 0.717) is 22.9 Å². The van der Waals surface area contributed by atoms with Crippen molar-refractivity contribution in [2.45, 2.75) is 13.8 Å². The van der Waals surface area contributed by atoms with Crippen LogP contribution in [-0.2, 0) is 4.74 Å². The number of benzene rings is 1. The van der Waals surface area contributed by atoms with E-state index in [2.05, 4.69) is 15.1 Å². The van der Waals surface area contributed by atoms with Gasteiger partial charge in [-0.3, -0.25) is 0 Å². The van der Waals surface area contributed by atoms with Gasteiger partial charge in [-0.05, 0) is 26.0 Å². The number of para-hydroxylation sites is 2. The van der Waals surface area contributed by atoms with Crippen LogP contribution in [0.15, 0.2) is 24.3 Å². The topological polar surface area (TPSA) is 72.8 Å². The molecule has 0 aliphatic rings. The third-order valence-electron chi connectivity index (χ3n) is 3.26. The molecule has 1 N–H and O–H groups in total. The minimum absolute atomic E-state index is 0.387. The molecule has 0 amide bonds. The van der Waals surface area contributed by atoms with Crippen LogP contribution in [0, 0.1) is 13.8 Å². The molecule has 0 saturated carbocycles. The summed E-state index contributed by atoms with van der Waals surface area (Å²) < 4.78 is 6.41. The van der Waals surface area contributed by atoms with Gasteiger partial charge >= 0.3 is 5.97 Å². The van der Waals surface area contributed by atoms with E-state index in [9.17, 15) is 4.79 Å². The van der Waals surface area contributed by atoms with E-state index < -0.39 is 0 Å². The van der Waals surface area contributed by atoms with Crippen molar-refractivity contribution in [3.63, 3.8) is 0 Å². The van der Waals surface area contributed by atoms with Crippen LogP contribution in [0.1, 0.15) is 21.7 Å². The van der Waals surface area contributed by atoms with Gasteiger partial charge in [-0.1, -0.05) is 12.1 Å². The number of ether oxygens (including phenoxy) is 1. The van der Waals surface area contributed by atoms with E-state index in [0.717, 1.165) is 11.0 Å². The molecule has 2 heterocycles. The van der Waals surface area contributed by atoms with Gasteiger partial charge < -0.3 is 9.72 Å².